The van der Waals surface area contributed by atoms with Crippen molar-refractivity contribution in [3.8, 4) is 17.2 Å². The molecule has 8 heteroatoms. The Labute approximate surface area is 190 Å². The van der Waals surface area contributed by atoms with Gasteiger partial charge in [0.2, 0.25) is 0 Å². The molecule has 0 unspecified atom stereocenters. The molecule has 0 heterocycles. The van der Waals surface area contributed by atoms with Crippen LogP contribution in [0, 0.1) is 5.82 Å². The van der Waals surface area contributed by atoms with Gasteiger partial charge in [-0.1, -0.05) is 23.7 Å². The number of carbonyl (C=O) groups excluding carboxylic acids is 1. The van der Waals surface area contributed by atoms with Crippen LogP contribution < -0.4 is 19.6 Å². The minimum Gasteiger partial charge on any atom is -0.493 e. The van der Waals surface area contributed by atoms with E-state index >= 15 is 0 Å². The number of rotatable bonds is 9. The summed E-state index contributed by atoms with van der Waals surface area (Å²) in [5, 5.41) is 4.34. The summed E-state index contributed by atoms with van der Waals surface area (Å²) < 4.78 is 29.6. The number of halogens is 2. The summed E-state index contributed by atoms with van der Waals surface area (Å²) in [6.45, 7) is 2.54. The maximum absolute atomic E-state index is 13.3. The summed E-state index contributed by atoms with van der Waals surface area (Å²) in [6.07, 6.45) is 1.46. The van der Waals surface area contributed by atoms with Crippen LogP contribution in [-0.4, -0.2) is 25.8 Å². The highest BCUT2D eigenvalue weighted by molar-refractivity contribution is 6.32. The third-order valence-electron chi connectivity index (χ3n) is 4.34. The lowest BCUT2D eigenvalue weighted by molar-refractivity contribution is 0.0954. The third kappa shape index (κ3) is 6.21. The molecule has 1 amide bonds. The van der Waals surface area contributed by atoms with Crippen LogP contribution in [-0.2, 0) is 6.61 Å². The Morgan fingerprint density at radius 2 is 1.88 bits per heavy atom. The van der Waals surface area contributed by atoms with Crippen LogP contribution >= 0.6 is 11.6 Å². The van der Waals surface area contributed by atoms with Crippen molar-refractivity contribution in [2.24, 2.45) is 5.10 Å². The molecule has 0 saturated heterocycles. The van der Waals surface area contributed by atoms with Crippen LogP contribution in [0.3, 0.4) is 0 Å². The van der Waals surface area contributed by atoms with Gasteiger partial charge in [-0.15, -0.1) is 0 Å². The molecule has 0 bridgehead atoms. The molecule has 1 N–H and O–H groups in total. The van der Waals surface area contributed by atoms with Gasteiger partial charge < -0.3 is 14.2 Å². The predicted octanol–water partition coefficient (Wildman–Crippen LogP) is 5.23. The zero-order valence-electron chi connectivity index (χ0n) is 17.6. The standard InChI is InChI=1S/C24H22ClFN2O4/c1-3-31-22-10-8-18(13-23(22)30-2)24(29)28-27-14-16-7-9-21(20(25)12-16)32-15-17-5-4-6-19(26)11-17/h4-14H,3,15H2,1-2H3,(H,28,29)/b27-14+. The number of benzene rings is 3. The fraction of sp³-hybridized carbons (Fsp3) is 0.167. The van der Waals surface area contributed by atoms with Gasteiger partial charge in [-0.05, 0) is 66.6 Å². The predicted molar refractivity (Wildman–Crippen MR) is 121 cm³/mol. The third-order valence-corrected chi connectivity index (χ3v) is 4.64. The van der Waals surface area contributed by atoms with Crippen LogP contribution in [0.25, 0.3) is 0 Å². The Bertz CT molecular complexity index is 1120. The Kier molecular flexibility index (Phi) is 8.05. The molecule has 166 valence electrons. The lowest BCUT2D eigenvalue weighted by Crippen LogP contribution is -2.17. The SMILES string of the molecule is CCOc1ccc(C(=O)N/N=C/c2ccc(OCc3cccc(F)c3)c(Cl)c2)cc1OC. The summed E-state index contributed by atoms with van der Waals surface area (Å²) in [6, 6.07) is 16.1. The van der Waals surface area contributed by atoms with Crippen molar-refractivity contribution in [1.82, 2.24) is 5.43 Å². The molecule has 3 rings (SSSR count). The first-order chi connectivity index (χ1) is 15.5. The first kappa shape index (κ1) is 23.1. The number of hydrazone groups is 1. The van der Waals surface area contributed by atoms with Crippen LogP contribution in [0.15, 0.2) is 65.8 Å². The summed E-state index contributed by atoms with van der Waals surface area (Å²) >= 11 is 6.26. The maximum atomic E-state index is 13.3. The first-order valence-electron chi connectivity index (χ1n) is 9.81. The average molecular weight is 457 g/mol. The molecular weight excluding hydrogens is 435 g/mol. The van der Waals surface area contributed by atoms with Gasteiger partial charge in [0.25, 0.3) is 5.91 Å². The molecule has 3 aromatic rings. The second-order valence-corrected chi connectivity index (χ2v) is 7.01. The smallest absolute Gasteiger partial charge is 0.271 e. The van der Waals surface area contributed by atoms with E-state index in [1.807, 2.05) is 6.92 Å². The second kappa shape index (κ2) is 11.2. The Balaban J connectivity index is 1.59. The van der Waals surface area contributed by atoms with Gasteiger partial charge in [-0.25, -0.2) is 9.82 Å². The molecule has 0 atom stereocenters. The molecule has 3 aromatic carbocycles. The fourth-order valence-electron chi connectivity index (χ4n) is 2.82. The van der Waals surface area contributed by atoms with Gasteiger partial charge >= 0.3 is 0 Å². The Morgan fingerprint density at radius 3 is 2.59 bits per heavy atom. The van der Waals surface area contributed by atoms with Crippen LogP contribution in [0.4, 0.5) is 4.39 Å². The first-order valence-corrected chi connectivity index (χ1v) is 10.2. The summed E-state index contributed by atoms with van der Waals surface area (Å²) in [5.74, 6) is 0.755. The van der Waals surface area contributed by atoms with E-state index in [1.165, 1.54) is 25.5 Å². The van der Waals surface area contributed by atoms with Crippen molar-refractivity contribution in [2.75, 3.05) is 13.7 Å². The number of hydrogen-bond donors (Lipinski definition) is 1. The molecule has 0 radical (unpaired) electrons. The van der Waals surface area contributed by atoms with Crippen molar-refractivity contribution in [3.05, 3.63) is 88.2 Å². The molecule has 0 aliphatic carbocycles. The highest BCUT2D eigenvalue weighted by atomic mass is 35.5. The van der Waals surface area contributed by atoms with Crippen molar-refractivity contribution >= 4 is 23.7 Å². The lowest BCUT2D eigenvalue weighted by Gasteiger charge is -2.10. The molecule has 0 aliphatic heterocycles. The lowest BCUT2D eigenvalue weighted by atomic mass is 10.2. The van der Waals surface area contributed by atoms with Crippen molar-refractivity contribution in [2.45, 2.75) is 13.5 Å². The summed E-state index contributed by atoms with van der Waals surface area (Å²) in [7, 11) is 1.51. The van der Waals surface area contributed by atoms with E-state index in [-0.39, 0.29) is 12.4 Å². The van der Waals surface area contributed by atoms with Crippen molar-refractivity contribution in [3.63, 3.8) is 0 Å². The number of nitrogens with one attached hydrogen (secondary N) is 1. The fourth-order valence-corrected chi connectivity index (χ4v) is 3.06. The highest BCUT2D eigenvalue weighted by Gasteiger charge is 2.10. The Hall–Kier alpha value is -3.58. The molecular formula is C24H22ClFN2O4. The van der Waals surface area contributed by atoms with E-state index in [1.54, 1.807) is 48.5 Å². The van der Waals surface area contributed by atoms with E-state index in [0.717, 1.165) is 0 Å². The van der Waals surface area contributed by atoms with Crippen molar-refractivity contribution in [1.29, 1.82) is 0 Å². The molecule has 0 aromatic heterocycles. The summed E-state index contributed by atoms with van der Waals surface area (Å²) in [4.78, 5) is 12.3. The second-order valence-electron chi connectivity index (χ2n) is 6.61. The van der Waals surface area contributed by atoms with Gasteiger partial charge in [-0.3, -0.25) is 4.79 Å². The largest absolute Gasteiger partial charge is 0.493 e. The Morgan fingerprint density at radius 1 is 1.06 bits per heavy atom. The quantitative estimate of drug-likeness (QED) is 0.353. The minimum atomic E-state index is -0.399. The molecule has 0 fully saturated rings. The normalized spacial score (nSPS) is 10.8. The van der Waals surface area contributed by atoms with E-state index in [4.69, 9.17) is 25.8 Å². The zero-order valence-corrected chi connectivity index (χ0v) is 18.4. The zero-order chi connectivity index (χ0) is 22.9. The number of carbonyl (C=O) groups is 1. The van der Waals surface area contributed by atoms with Gasteiger partial charge in [-0.2, -0.15) is 5.10 Å². The van der Waals surface area contributed by atoms with E-state index < -0.39 is 5.91 Å². The number of methoxy groups -OCH3 is 1. The number of ether oxygens (including phenoxy) is 3. The number of amides is 1. The van der Waals surface area contributed by atoms with Crippen LogP contribution in [0.1, 0.15) is 28.4 Å². The van der Waals surface area contributed by atoms with Gasteiger partial charge in [0.1, 0.15) is 18.2 Å². The van der Waals surface area contributed by atoms with Crippen molar-refractivity contribution < 1.29 is 23.4 Å². The van der Waals surface area contributed by atoms with E-state index in [9.17, 15) is 9.18 Å². The minimum absolute atomic E-state index is 0.187. The topological polar surface area (TPSA) is 69.2 Å². The number of hydrogen-bond acceptors (Lipinski definition) is 5. The molecule has 0 spiro atoms. The molecule has 32 heavy (non-hydrogen) atoms. The monoisotopic (exact) mass is 456 g/mol. The van der Waals surface area contributed by atoms with E-state index in [0.29, 0.717) is 45.6 Å². The average Bonchev–Trinajstić information content (AvgIpc) is 2.79. The highest BCUT2D eigenvalue weighted by Crippen LogP contribution is 2.28. The molecule has 0 saturated carbocycles. The number of nitrogens with zero attached hydrogens (tertiary/aromatic N) is 1. The van der Waals surface area contributed by atoms with E-state index in [2.05, 4.69) is 10.5 Å². The van der Waals surface area contributed by atoms with Crippen LogP contribution in [0.5, 0.6) is 17.2 Å². The molecule has 0 aliphatic rings. The van der Waals surface area contributed by atoms with Crippen LogP contribution in [0.2, 0.25) is 5.02 Å². The van der Waals surface area contributed by atoms with Gasteiger partial charge in [0.15, 0.2) is 11.5 Å². The van der Waals surface area contributed by atoms with Gasteiger partial charge in [0.05, 0.1) is 25.0 Å². The summed E-state index contributed by atoms with van der Waals surface area (Å²) in [5.41, 5.74) is 4.20. The van der Waals surface area contributed by atoms with Gasteiger partial charge in [0, 0.05) is 5.56 Å². The molecule has 6 nitrogen and oxygen atoms in total. The maximum Gasteiger partial charge on any atom is 0.271 e.